The second kappa shape index (κ2) is 8.70. The Hall–Kier alpha value is -2.84. The smallest absolute Gasteiger partial charge is 0.319 e. The van der Waals surface area contributed by atoms with Gasteiger partial charge in [-0.15, -0.1) is 6.58 Å². The van der Waals surface area contributed by atoms with Gasteiger partial charge in [-0.2, -0.15) is 0 Å². The van der Waals surface area contributed by atoms with Crippen LogP contribution in [-0.4, -0.2) is 33.2 Å². The molecule has 3 amide bonds. The number of sulfone groups is 1. The van der Waals surface area contributed by atoms with Crippen molar-refractivity contribution in [3.63, 3.8) is 0 Å². The molecule has 142 valence electrons. The van der Waals surface area contributed by atoms with E-state index in [9.17, 15) is 18.0 Å². The van der Waals surface area contributed by atoms with Crippen LogP contribution >= 0.6 is 11.6 Å². The molecule has 0 spiro atoms. The molecule has 3 N–H and O–H groups in total. The molecule has 27 heavy (non-hydrogen) atoms. The summed E-state index contributed by atoms with van der Waals surface area (Å²) in [5.41, 5.74) is 1.18. The van der Waals surface area contributed by atoms with Crippen molar-refractivity contribution in [3.05, 3.63) is 65.7 Å². The fourth-order valence-electron chi connectivity index (χ4n) is 2.11. The zero-order chi connectivity index (χ0) is 20.0. The van der Waals surface area contributed by atoms with Crippen molar-refractivity contribution in [2.45, 2.75) is 4.90 Å². The van der Waals surface area contributed by atoms with Crippen molar-refractivity contribution in [1.82, 2.24) is 5.32 Å². The Morgan fingerprint density at radius 1 is 1.07 bits per heavy atom. The Morgan fingerprint density at radius 3 is 2.22 bits per heavy atom. The maximum absolute atomic E-state index is 12.3. The van der Waals surface area contributed by atoms with E-state index >= 15 is 0 Å². The van der Waals surface area contributed by atoms with Crippen LogP contribution in [0.3, 0.4) is 0 Å². The van der Waals surface area contributed by atoms with E-state index in [2.05, 4.69) is 22.5 Å². The van der Waals surface area contributed by atoms with Gasteiger partial charge in [0.15, 0.2) is 9.84 Å². The molecule has 0 aliphatic heterocycles. The number of halogens is 1. The third-order valence-electron chi connectivity index (χ3n) is 3.40. The van der Waals surface area contributed by atoms with E-state index < -0.39 is 15.7 Å². The number of carbonyl (C=O) groups is 2. The van der Waals surface area contributed by atoms with E-state index in [0.29, 0.717) is 17.9 Å². The molecular weight excluding hydrogens is 390 g/mol. The Kier molecular flexibility index (Phi) is 6.59. The second-order valence-electron chi connectivity index (χ2n) is 5.57. The van der Waals surface area contributed by atoms with Crippen LogP contribution in [0.5, 0.6) is 0 Å². The summed E-state index contributed by atoms with van der Waals surface area (Å²) in [4.78, 5) is 23.8. The van der Waals surface area contributed by atoms with Crippen LogP contribution in [0, 0.1) is 0 Å². The fraction of sp³-hybridized carbons (Fsp3) is 0.111. The number of benzene rings is 2. The first-order chi connectivity index (χ1) is 12.7. The van der Waals surface area contributed by atoms with Crippen LogP contribution in [0.15, 0.2) is 60.0 Å². The lowest BCUT2D eigenvalue weighted by atomic mass is 10.2. The summed E-state index contributed by atoms with van der Waals surface area (Å²) < 4.78 is 23.4. The average Bonchev–Trinajstić information content (AvgIpc) is 2.61. The number of hydrogen-bond acceptors (Lipinski definition) is 4. The van der Waals surface area contributed by atoms with Gasteiger partial charge in [-0.3, -0.25) is 4.79 Å². The molecule has 0 aromatic heterocycles. The number of anilines is 2. The molecule has 0 radical (unpaired) electrons. The molecule has 2 aromatic rings. The number of hydrogen-bond donors (Lipinski definition) is 3. The van der Waals surface area contributed by atoms with Gasteiger partial charge in [-0.25, -0.2) is 13.2 Å². The Balaban J connectivity index is 2.08. The highest BCUT2D eigenvalue weighted by Gasteiger charge is 2.16. The normalized spacial score (nSPS) is 10.7. The third-order valence-corrected chi connectivity index (χ3v) is 4.98. The van der Waals surface area contributed by atoms with E-state index in [1.54, 1.807) is 30.3 Å². The first-order valence-corrected chi connectivity index (χ1v) is 10.0. The number of urea groups is 1. The van der Waals surface area contributed by atoms with Gasteiger partial charge in [0, 0.05) is 29.7 Å². The lowest BCUT2D eigenvalue weighted by Crippen LogP contribution is -2.28. The summed E-state index contributed by atoms with van der Waals surface area (Å²) in [6.45, 7) is 3.85. The summed E-state index contributed by atoms with van der Waals surface area (Å²) in [5.74, 6) is -0.485. The largest absolute Gasteiger partial charge is 0.334 e. The number of rotatable bonds is 6. The van der Waals surface area contributed by atoms with E-state index in [1.165, 1.54) is 18.2 Å². The first-order valence-electron chi connectivity index (χ1n) is 7.77. The first kappa shape index (κ1) is 20.5. The highest BCUT2D eigenvalue weighted by Crippen LogP contribution is 2.23. The van der Waals surface area contributed by atoms with Crippen LogP contribution in [0.1, 0.15) is 10.4 Å². The minimum absolute atomic E-state index is 0.0548. The summed E-state index contributed by atoms with van der Waals surface area (Å²) in [5, 5.41) is 7.91. The van der Waals surface area contributed by atoms with Gasteiger partial charge >= 0.3 is 6.03 Å². The van der Waals surface area contributed by atoms with Crippen LogP contribution < -0.4 is 16.0 Å². The molecule has 0 aliphatic carbocycles. The lowest BCUT2D eigenvalue weighted by Gasteiger charge is -2.09. The Morgan fingerprint density at radius 2 is 1.67 bits per heavy atom. The molecule has 0 atom stereocenters. The van der Waals surface area contributed by atoms with Gasteiger partial charge < -0.3 is 16.0 Å². The zero-order valence-corrected chi connectivity index (χ0v) is 16.0. The standard InChI is InChI=1S/C18H18ClN3O4S/c1-3-10-20-18(24)22-14-7-5-13(6-8-14)21-17(23)12-4-9-15(19)16(11-12)27(2,25)26/h3-9,11H,1,10H2,2H3,(H,21,23)(H2,20,22,24). The van der Waals surface area contributed by atoms with Gasteiger partial charge in [0.25, 0.3) is 5.91 Å². The van der Waals surface area contributed by atoms with Gasteiger partial charge in [0.2, 0.25) is 0 Å². The molecule has 7 nitrogen and oxygen atoms in total. The summed E-state index contributed by atoms with van der Waals surface area (Å²) in [6.07, 6.45) is 2.58. The molecule has 0 saturated heterocycles. The van der Waals surface area contributed by atoms with Crippen molar-refractivity contribution in [2.24, 2.45) is 0 Å². The SMILES string of the molecule is C=CCNC(=O)Nc1ccc(NC(=O)c2ccc(Cl)c(S(C)(=O)=O)c2)cc1. The predicted molar refractivity (Wildman–Crippen MR) is 106 cm³/mol. The molecular formula is C18H18ClN3O4S. The molecule has 0 heterocycles. The van der Waals surface area contributed by atoms with Crippen molar-refractivity contribution in [3.8, 4) is 0 Å². The average molecular weight is 408 g/mol. The van der Waals surface area contributed by atoms with Gasteiger partial charge in [0.05, 0.1) is 9.92 Å². The number of carbonyl (C=O) groups excluding carboxylic acids is 2. The molecule has 0 bridgehead atoms. The quantitative estimate of drug-likeness (QED) is 0.639. The van der Waals surface area contributed by atoms with E-state index in [-0.39, 0.29) is 21.5 Å². The molecule has 0 fully saturated rings. The summed E-state index contributed by atoms with van der Waals surface area (Å²) >= 11 is 5.88. The van der Waals surface area contributed by atoms with E-state index in [1.807, 2.05) is 0 Å². The molecule has 0 aliphatic rings. The maximum atomic E-state index is 12.3. The monoisotopic (exact) mass is 407 g/mol. The summed E-state index contributed by atoms with van der Waals surface area (Å²) in [7, 11) is -3.55. The number of amides is 3. The van der Waals surface area contributed by atoms with Crippen molar-refractivity contribution in [2.75, 3.05) is 23.4 Å². The molecule has 0 unspecified atom stereocenters. The van der Waals surface area contributed by atoms with Crippen LogP contribution in [0.25, 0.3) is 0 Å². The van der Waals surface area contributed by atoms with Crippen molar-refractivity contribution in [1.29, 1.82) is 0 Å². The van der Waals surface area contributed by atoms with Crippen LogP contribution in [0.4, 0.5) is 16.2 Å². The van der Waals surface area contributed by atoms with Gasteiger partial charge in [0.1, 0.15) is 0 Å². The van der Waals surface area contributed by atoms with Gasteiger partial charge in [-0.1, -0.05) is 17.7 Å². The minimum atomic E-state index is -3.55. The fourth-order valence-corrected chi connectivity index (χ4v) is 3.41. The highest BCUT2D eigenvalue weighted by molar-refractivity contribution is 7.90. The Labute approximate surface area is 162 Å². The minimum Gasteiger partial charge on any atom is -0.334 e. The van der Waals surface area contributed by atoms with Crippen molar-refractivity contribution >= 4 is 44.8 Å². The van der Waals surface area contributed by atoms with Crippen LogP contribution in [0.2, 0.25) is 5.02 Å². The van der Waals surface area contributed by atoms with E-state index in [4.69, 9.17) is 11.6 Å². The molecule has 9 heteroatoms. The molecule has 2 aromatic carbocycles. The van der Waals surface area contributed by atoms with E-state index in [0.717, 1.165) is 6.26 Å². The second-order valence-corrected chi connectivity index (χ2v) is 7.96. The van der Waals surface area contributed by atoms with Crippen LogP contribution in [-0.2, 0) is 9.84 Å². The summed E-state index contributed by atoms with van der Waals surface area (Å²) in [6, 6.07) is 10.1. The zero-order valence-electron chi connectivity index (χ0n) is 14.5. The topological polar surface area (TPSA) is 104 Å². The Bertz CT molecular complexity index is 973. The van der Waals surface area contributed by atoms with Crippen molar-refractivity contribution < 1.29 is 18.0 Å². The third kappa shape index (κ3) is 5.83. The maximum Gasteiger partial charge on any atom is 0.319 e. The molecule has 2 rings (SSSR count). The molecule has 0 saturated carbocycles. The number of nitrogens with one attached hydrogen (secondary N) is 3. The lowest BCUT2D eigenvalue weighted by molar-refractivity contribution is 0.102. The predicted octanol–water partition coefficient (Wildman–Crippen LogP) is 3.30. The van der Waals surface area contributed by atoms with Gasteiger partial charge in [-0.05, 0) is 42.5 Å². The highest BCUT2D eigenvalue weighted by atomic mass is 35.5.